The number of ether oxygens (including phenoxy) is 3. The average molecular weight is 375 g/mol. The summed E-state index contributed by atoms with van der Waals surface area (Å²) in [5.41, 5.74) is 0.799. The average Bonchev–Trinajstić information content (AvgIpc) is 2.59. The highest BCUT2D eigenvalue weighted by atomic mass is 16.5. The smallest absolute Gasteiger partial charge is 0.306 e. The van der Waals surface area contributed by atoms with E-state index < -0.39 is 17.4 Å². The number of methoxy groups -OCH3 is 2. The molecule has 1 aromatic carbocycles. The van der Waals surface area contributed by atoms with Crippen molar-refractivity contribution >= 4 is 5.97 Å². The monoisotopic (exact) mass is 375 g/mol. The van der Waals surface area contributed by atoms with Gasteiger partial charge in [-0.3, -0.25) is 9.59 Å². The van der Waals surface area contributed by atoms with Crippen LogP contribution in [0.25, 0.3) is 0 Å². The SMILES string of the molecule is COC(=O)CC(c1ccc(OC)c(OC(C)C)c1)c1c(O)cc(C)[nH]c1=O. The van der Waals surface area contributed by atoms with Crippen molar-refractivity contribution in [2.75, 3.05) is 14.2 Å². The summed E-state index contributed by atoms with van der Waals surface area (Å²) in [6.07, 6.45) is -0.201. The molecule has 7 heteroatoms. The normalized spacial score (nSPS) is 11.9. The van der Waals surface area contributed by atoms with Gasteiger partial charge in [-0.15, -0.1) is 0 Å². The first kappa shape index (κ1) is 20.4. The van der Waals surface area contributed by atoms with Gasteiger partial charge in [0.1, 0.15) is 5.75 Å². The summed E-state index contributed by atoms with van der Waals surface area (Å²) in [4.78, 5) is 27.1. The van der Waals surface area contributed by atoms with E-state index in [1.807, 2.05) is 13.8 Å². The maximum atomic E-state index is 12.5. The summed E-state index contributed by atoms with van der Waals surface area (Å²) < 4.78 is 15.9. The molecule has 1 aromatic heterocycles. The largest absolute Gasteiger partial charge is 0.507 e. The quantitative estimate of drug-likeness (QED) is 0.722. The molecule has 27 heavy (non-hydrogen) atoms. The molecule has 1 unspecified atom stereocenters. The molecule has 1 heterocycles. The maximum absolute atomic E-state index is 12.5. The van der Waals surface area contributed by atoms with Gasteiger partial charge in [0.15, 0.2) is 11.5 Å². The first-order chi connectivity index (χ1) is 12.8. The molecule has 0 spiro atoms. The van der Waals surface area contributed by atoms with Gasteiger partial charge in [-0.2, -0.15) is 0 Å². The van der Waals surface area contributed by atoms with Gasteiger partial charge >= 0.3 is 5.97 Å². The van der Waals surface area contributed by atoms with Crippen molar-refractivity contribution < 1.29 is 24.1 Å². The molecule has 0 saturated carbocycles. The lowest BCUT2D eigenvalue weighted by atomic mass is 9.88. The van der Waals surface area contributed by atoms with Gasteiger partial charge in [-0.05, 0) is 44.5 Å². The molecule has 146 valence electrons. The van der Waals surface area contributed by atoms with Gasteiger partial charge in [0.05, 0.1) is 32.3 Å². The Morgan fingerprint density at radius 3 is 2.44 bits per heavy atom. The van der Waals surface area contributed by atoms with Crippen molar-refractivity contribution in [2.45, 2.75) is 39.2 Å². The maximum Gasteiger partial charge on any atom is 0.306 e. The van der Waals surface area contributed by atoms with E-state index in [1.165, 1.54) is 20.3 Å². The molecule has 0 aliphatic carbocycles. The third kappa shape index (κ3) is 4.81. The van der Waals surface area contributed by atoms with Crippen LogP contribution in [-0.2, 0) is 9.53 Å². The number of aryl methyl sites for hydroxylation is 1. The van der Waals surface area contributed by atoms with E-state index in [1.54, 1.807) is 25.1 Å². The van der Waals surface area contributed by atoms with Crippen molar-refractivity contribution in [2.24, 2.45) is 0 Å². The first-order valence-electron chi connectivity index (χ1n) is 8.61. The van der Waals surface area contributed by atoms with Crippen LogP contribution in [0.5, 0.6) is 17.2 Å². The Labute approximate surface area is 157 Å². The summed E-state index contributed by atoms with van der Waals surface area (Å²) >= 11 is 0. The number of aromatic amines is 1. The molecule has 0 fully saturated rings. The second-order valence-electron chi connectivity index (χ2n) is 6.49. The molecule has 2 N–H and O–H groups in total. The van der Waals surface area contributed by atoms with Crippen LogP contribution >= 0.6 is 0 Å². The lowest BCUT2D eigenvalue weighted by molar-refractivity contribution is -0.140. The fourth-order valence-corrected chi connectivity index (χ4v) is 2.91. The number of carbonyl (C=O) groups excluding carboxylic acids is 1. The predicted octanol–water partition coefficient (Wildman–Crippen LogP) is 2.88. The van der Waals surface area contributed by atoms with Crippen LogP contribution in [0.3, 0.4) is 0 Å². The van der Waals surface area contributed by atoms with Crippen LogP contribution in [0.15, 0.2) is 29.1 Å². The standard InChI is InChI=1S/C20H25NO6/c1-11(2)27-17-9-13(6-7-16(17)25-4)14(10-18(23)26-5)19-15(22)8-12(3)21-20(19)24/h6-9,11,14H,10H2,1-5H3,(H2,21,22,24). The molecule has 0 radical (unpaired) electrons. The van der Waals surface area contributed by atoms with Crippen LogP contribution < -0.4 is 15.0 Å². The molecule has 0 aliphatic rings. The van der Waals surface area contributed by atoms with Gasteiger partial charge in [-0.1, -0.05) is 6.07 Å². The Morgan fingerprint density at radius 2 is 1.89 bits per heavy atom. The van der Waals surface area contributed by atoms with Crippen molar-refractivity contribution in [1.29, 1.82) is 0 Å². The lowest BCUT2D eigenvalue weighted by Gasteiger charge is -2.20. The van der Waals surface area contributed by atoms with Gasteiger partial charge in [0.2, 0.25) is 0 Å². The topological polar surface area (TPSA) is 97.8 Å². The summed E-state index contributed by atoms with van der Waals surface area (Å²) in [7, 11) is 2.81. The minimum absolute atomic E-state index is 0.0932. The van der Waals surface area contributed by atoms with Crippen molar-refractivity contribution in [3.63, 3.8) is 0 Å². The molecular formula is C20H25NO6. The molecule has 2 aromatic rings. The van der Waals surface area contributed by atoms with Crippen LogP contribution in [0.2, 0.25) is 0 Å². The van der Waals surface area contributed by atoms with Gasteiger partial charge in [-0.25, -0.2) is 0 Å². The number of aromatic nitrogens is 1. The van der Waals surface area contributed by atoms with Crippen LogP contribution in [0.1, 0.15) is 43.0 Å². The van der Waals surface area contributed by atoms with Crippen LogP contribution in [0, 0.1) is 6.92 Å². The Morgan fingerprint density at radius 1 is 1.19 bits per heavy atom. The second kappa shape index (κ2) is 8.62. The van der Waals surface area contributed by atoms with E-state index >= 15 is 0 Å². The molecule has 0 bridgehead atoms. The van der Waals surface area contributed by atoms with E-state index in [0.29, 0.717) is 22.8 Å². The summed E-state index contributed by atoms with van der Waals surface area (Å²) in [5, 5.41) is 10.4. The molecule has 0 amide bonds. The lowest BCUT2D eigenvalue weighted by Crippen LogP contribution is -2.21. The summed E-state index contributed by atoms with van der Waals surface area (Å²) in [6.45, 7) is 5.44. The highest BCUT2D eigenvalue weighted by molar-refractivity contribution is 5.71. The Kier molecular flexibility index (Phi) is 6.50. The Hall–Kier alpha value is -2.96. The number of pyridine rings is 1. The Bertz CT molecular complexity index is 871. The van der Waals surface area contributed by atoms with Gasteiger partial charge in [0, 0.05) is 11.6 Å². The minimum Gasteiger partial charge on any atom is -0.507 e. The summed E-state index contributed by atoms with van der Waals surface area (Å²) in [5.74, 6) is -0.356. The van der Waals surface area contributed by atoms with Crippen LogP contribution in [0.4, 0.5) is 0 Å². The van der Waals surface area contributed by atoms with Gasteiger partial charge in [0.25, 0.3) is 5.56 Å². The van der Waals surface area contributed by atoms with Crippen molar-refractivity contribution in [3.05, 3.63) is 51.4 Å². The number of benzene rings is 1. The van der Waals surface area contributed by atoms with E-state index in [9.17, 15) is 14.7 Å². The van der Waals surface area contributed by atoms with Gasteiger partial charge < -0.3 is 24.3 Å². The fourth-order valence-electron chi connectivity index (χ4n) is 2.91. The zero-order valence-electron chi connectivity index (χ0n) is 16.2. The molecule has 0 saturated heterocycles. The first-order valence-corrected chi connectivity index (χ1v) is 8.61. The highest BCUT2D eigenvalue weighted by Gasteiger charge is 2.26. The molecule has 7 nitrogen and oxygen atoms in total. The Balaban J connectivity index is 2.62. The number of aromatic hydroxyl groups is 1. The van der Waals surface area contributed by atoms with Crippen LogP contribution in [-0.4, -0.2) is 36.4 Å². The van der Waals surface area contributed by atoms with Crippen molar-refractivity contribution in [1.82, 2.24) is 4.98 Å². The number of hydrogen-bond acceptors (Lipinski definition) is 6. The fraction of sp³-hybridized carbons (Fsp3) is 0.400. The number of hydrogen-bond donors (Lipinski definition) is 2. The zero-order chi connectivity index (χ0) is 20.1. The number of carbonyl (C=O) groups is 1. The number of H-pyrrole nitrogens is 1. The number of esters is 1. The third-order valence-electron chi connectivity index (χ3n) is 4.08. The molecule has 1 atom stereocenters. The predicted molar refractivity (Wildman–Crippen MR) is 101 cm³/mol. The molecular weight excluding hydrogens is 350 g/mol. The van der Waals surface area contributed by atoms with E-state index in [-0.39, 0.29) is 23.8 Å². The van der Waals surface area contributed by atoms with E-state index in [2.05, 4.69) is 4.98 Å². The number of rotatable bonds is 7. The molecule has 0 aliphatic heterocycles. The second-order valence-corrected chi connectivity index (χ2v) is 6.49. The number of nitrogens with one attached hydrogen (secondary N) is 1. The highest BCUT2D eigenvalue weighted by Crippen LogP contribution is 2.37. The molecule has 2 rings (SSSR count). The third-order valence-corrected chi connectivity index (χ3v) is 4.08. The minimum atomic E-state index is -0.706. The summed E-state index contributed by atoms with van der Waals surface area (Å²) in [6, 6.07) is 6.61. The zero-order valence-corrected chi connectivity index (χ0v) is 16.2. The van der Waals surface area contributed by atoms with E-state index in [4.69, 9.17) is 14.2 Å². The van der Waals surface area contributed by atoms with Crippen molar-refractivity contribution in [3.8, 4) is 17.2 Å². The van der Waals surface area contributed by atoms with E-state index in [0.717, 1.165) is 0 Å².